The molecule has 0 saturated heterocycles. The summed E-state index contributed by atoms with van der Waals surface area (Å²) in [6, 6.07) is 4.18. The lowest BCUT2D eigenvalue weighted by Crippen LogP contribution is -2.47. The van der Waals surface area contributed by atoms with Crippen molar-refractivity contribution in [3.05, 3.63) is 47.4 Å². The van der Waals surface area contributed by atoms with Crippen LogP contribution >= 0.6 is 0 Å². The summed E-state index contributed by atoms with van der Waals surface area (Å²) in [7, 11) is 0. The normalized spacial score (nSPS) is 14.9. The fraction of sp³-hybridized carbons (Fsp3) is 0.278. The monoisotopic (exact) mass is 396 g/mol. The molecule has 1 N–H and O–H groups in total. The molecule has 0 saturated carbocycles. The molecular formula is C18H15F3N2O5. The molecule has 1 aliphatic heterocycles. The Kier molecular flexibility index (Phi) is 4.88. The highest BCUT2D eigenvalue weighted by Gasteiger charge is 2.36. The molecule has 0 aliphatic carbocycles. The summed E-state index contributed by atoms with van der Waals surface area (Å²) < 4.78 is 48.8. The molecular weight excluding hydrogens is 381 g/mol. The van der Waals surface area contributed by atoms with Gasteiger partial charge in [-0.2, -0.15) is 13.2 Å². The number of furan rings is 1. The predicted octanol–water partition coefficient (Wildman–Crippen LogP) is 3.14. The largest absolute Gasteiger partial charge is 0.457 e. The molecule has 2 amide bonds. The molecule has 2 heterocycles. The van der Waals surface area contributed by atoms with Gasteiger partial charge < -0.3 is 14.5 Å². The van der Waals surface area contributed by atoms with E-state index >= 15 is 0 Å². The first-order valence-corrected chi connectivity index (χ1v) is 8.15. The van der Waals surface area contributed by atoms with E-state index in [1.165, 1.54) is 13.2 Å². The Morgan fingerprint density at radius 3 is 2.61 bits per heavy atom. The number of carbonyl (C=O) groups excluding carboxylic acids is 3. The Morgan fingerprint density at radius 2 is 2.00 bits per heavy atom. The molecule has 7 nitrogen and oxygen atoms in total. The maximum absolute atomic E-state index is 12.9. The van der Waals surface area contributed by atoms with Gasteiger partial charge >= 0.3 is 12.1 Å². The highest BCUT2D eigenvalue weighted by atomic mass is 19.4. The first kappa shape index (κ1) is 19.5. The Morgan fingerprint density at radius 1 is 1.29 bits per heavy atom. The number of benzene rings is 1. The number of amides is 2. The van der Waals surface area contributed by atoms with Gasteiger partial charge in [-0.15, -0.1) is 0 Å². The molecule has 1 aliphatic rings. The van der Waals surface area contributed by atoms with Crippen LogP contribution in [-0.4, -0.2) is 30.4 Å². The van der Waals surface area contributed by atoms with Crippen molar-refractivity contribution in [3.63, 3.8) is 0 Å². The zero-order chi connectivity index (χ0) is 20.6. The minimum Gasteiger partial charge on any atom is -0.457 e. The number of nitrogens with zero attached hydrogens (tertiary/aromatic N) is 1. The molecule has 10 heteroatoms. The van der Waals surface area contributed by atoms with Crippen LogP contribution in [-0.2, 0) is 20.5 Å². The third-order valence-corrected chi connectivity index (χ3v) is 4.14. The topological polar surface area (TPSA) is 88.8 Å². The molecule has 0 unspecified atom stereocenters. The zero-order valence-corrected chi connectivity index (χ0v) is 14.8. The van der Waals surface area contributed by atoms with Gasteiger partial charge in [0.15, 0.2) is 6.10 Å². The summed E-state index contributed by atoms with van der Waals surface area (Å²) >= 11 is 0. The molecule has 148 valence electrons. The van der Waals surface area contributed by atoms with Gasteiger partial charge in [0.1, 0.15) is 6.54 Å². The third kappa shape index (κ3) is 3.71. The fourth-order valence-electron chi connectivity index (χ4n) is 2.73. The van der Waals surface area contributed by atoms with E-state index in [-0.39, 0.29) is 17.1 Å². The summed E-state index contributed by atoms with van der Waals surface area (Å²) in [5, 5.41) is 2.31. The number of halogens is 3. The first-order chi connectivity index (χ1) is 13.1. The molecule has 0 radical (unpaired) electrons. The van der Waals surface area contributed by atoms with Gasteiger partial charge in [0.2, 0.25) is 11.7 Å². The van der Waals surface area contributed by atoms with E-state index in [2.05, 4.69) is 5.32 Å². The van der Waals surface area contributed by atoms with Crippen molar-refractivity contribution in [2.75, 3.05) is 16.8 Å². The second kappa shape index (κ2) is 7.02. The molecule has 0 fully saturated rings. The average molecular weight is 396 g/mol. The number of nitrogens with one attached hydrogen (secondary N) is 1. The predicted molar refractivity (Wildman–Crippen MR) is 90.7 cm³/mol. The van der Waals surface area contributed by atoms with Crippen molar-refractivity contribution in [2.24, 2.45) is 0 Å². The minimum atomic E-state index is -4.60. The number of esters is 1. The number of ether oxygens (including phenoxy) is 1. The lowest BCUT2D eigenvalue weighted by Gasteiger charge is -2.31. The quantitative estimate of drug-likeness (QED) is 0.806. The number of hydrogen-bond donors (Lipinski definition) is 1. The minimum absolute atomic E-state index is 0.0637. The molecule has 0 bridgehead atoms. The number of hydrogen-bond acceptors (Lipinski definition) is 5. The van der Waals surface area contributed by atoms with Crippen molar-refractivity contribution >= 4 is 29.2 Å². The average Bonchev–Trinajstić information content (AvgIpc) is 3.05. The van der Waals surface area contributed by atoms with E-state index < -0.39 is 42.2 Å². The number of carbonyl (C=O) groups is 3. The summed E-state index contributed by atoms with van der Waals surface area (Å²) in [4.78, 5) is 37.6. The van der Waals surface area contributed by atoms with Crippen LogP contribution in [0.3, 0.4) is 0 Å². The Bertz CT molecular complexity index is 951. The number of alkyl halides is 3. The van der Waals surface area contributed by atoms with Crippen molar-refractivity contribution in [3.8, 4) is 0 Å². The Labute approximate surface area is 157 Å². The molecule has 1 aromatic carbocycles. The Balaban J connectivity index is 1.83. The van der Waals surface area contributed by atoms with Crippen LogP contribution < -0.4 is 10.2 Å². The van der Waals surface area contributed by atoms with E-state index in [0.717, 1.165) is 23.1 Å². The van der Waals surface area contributed by atoms with E-state index in [1.54, 1.807) is 13.0 Å². The van der Waals surface area contributed by atoms with Gasteiger partial charge in [0, 0.05) is 5.56 Å². The molecule has 3 rings (SSSR count). The lowest BCUT2D eigenvalue weighted by atomic mass is 10.1. The fourth-order valence-corrected chi connectivity index (χ4v) is 2.73. The van der Waals surface area contributed by atoms with Gasteiger partial charge in [-0.25, -0.2) is 4.79 Å². The first-order valence-electron chi connectivity index (χ1n) is 8.15. The van der Waals surface area contributed by atoms with Crippen LogP contribution in [0.2, 0.25) is 0 Å². The number of fused-ring (bicyclic) bond motifs is 1. The highest BCUT2D eigenvalue weighted by molar-refractivity contribution is 6.11. The second-order valence-electron chi connectivity index (χ2n) is 6.18. The summed E-state index contributed by atoms with van der Waals surface area (Å²) in [5.74, 6) is -2.35. The van der Waals surface area contributed by atoms with Gasteiger partial charge in [-0.05, 0) is 38.1 Å². The number of rotatable bonds is 3. The third-order valence-electron chi connectivity index (χ3n) is 4.14. The van der Waals surface area contributed by atoms with Crippen LogP contribution in [0, 0.1) is 6.92 Å². The molecule has 28 heavy (non-hydrogen) atoms. The van der Waals surface area contributed by atoms with Crippen molar-refractivity contribution in [2.45, 2.75) is 26.1 Å². The van der Waals surface area contributed by atoms with Crippen LogP contribution in [0.5, 0.6) is 0 Å². The van der Waals surface area contributed by atoms with Gasteiger partial charge in [0.05, 0.1) is 23.2 Å². The van der Waals surface area contributed by atoms with Crippen LogP contribution in [0.15, 0.2) is 34.9 Å². The SMILES string of the molecule is Cc1ccoc1C(=O)O[C@@H](C)C(=O)N1CC(=O)Nc2cc(C(F)(F)F)ccc21. The van der Waals surface area contributed by atoms with Gasteiger partial charge in [0.25, 0.3) is 5.91 Å². The van der Waals surface area contributed by atoms with E-state index in [9.17, 15) is 27.6 Å². The maximum Gasteiger partial charge on any atom is 0.416 e. The van der Waals surface area contributed by atoms with E-state index in [1.807, 2.05) is 0 Å². The molecule has 0 spiro atoms. The molecule has 1 atom stereocenters. The van der Waals surface area contributed by atoms with Crippen LogP contribution in [0.4, 0.5) is 24.5 Å². The standard InChI is InChI=1S/C18H15F3N2O5/c1-9-5-6-27-15(9)17(26)28-10(2)16(25)23-8-14(24)22-12-7-11(18(19,20)21)3-4-13(12)23/h3-7,10H,8H2,1-2H3,(H,22,24)/t10-/m0/s1. The van der Waals surface area contributed by atoms with Crippen LogP contribution in [0.1, 0.15) is 28.6 Å². The van der Waals surface area contributed by atoms with E-state index in [0.29, 0.717) is 5.56 Å². The van der Waals surface area contributed by atoms with Crippen LogP contribution in [0.25, 0.3) is 0 Å². The number of anilines is 2. The molecule has 2 aromatic rings. The zero-order valence-electron chi connectivity index (χ0n) is 14.8. The second-order valence-corrected chi connectivity index (χ2v) is 6.18. The smallest absolute Gasteiger partial charge is 0.416 e. The maximum atomic E-state index is 12.9. The molecule has 1 aromatic heterocycles. The van der Waals surface area contributed by atoms with Crippen molar-refractivity contribution in [1.82, 2.24) is 0 Å². The van der Waals surface area contributed by atoms with Crippen molar-refractivity contribution in [1.29, 1.82) is 0 Å². The van der Waals surface area contributed by atoms with Gasteiger partial charge in [-0.1, -0.05) is 0 Å². The van der Waals surface area contributed by atoms with Gasteiger partial charge in [-0.3, -0.25) is 14.5 Å². The Hall–Kier alpha value is -3.30. The summed E-state index contributed by atoms with van der Waals surface area (Å²) in [5.41, 5.74) is -0.518. The van der Waals surface area contributed by atoms with Crippen molar-refractivity contribution < 1.29 is 36.7 Å². The highest BCUT2D eigenvalue weighted by Crippen LogP contribution is 2.37. The van der Waals surface area contributed by atoms with E-state index in [4.69, 9.17) is 9.15 Å². The lowest BCUT2D eigenvalue weighted by molar-refractivity contribution is -0.137. The summed E-state index contributed by atoms with van der Waals surface area (Å²) in [6.45, 7) is 2.50. The number of aryl methyl sites for hydroxylation is 1. The summed E-state index contributed by atoms with van der Waals surface area (Å²) in [6.07, 6.45) is -4.60.